The summed E-state index contributed by atoms with van der Waals surface area (Å²) in [6.07, 6.45) is 0.739. The van der Waals surface area contributed by atoms with E-state index in [2.05, 4.69) is 17.1 Å². The zero-order valence-electron chi connectivity index (χ0n) is 10.8. The fourth-order valence-electron chi connectivity index (χ4n) is 2.37. The van der Waals surface area contributed by atoms with Crippen LogP contribution in [0.4, 0.5) is 0 Å². The van der Waals surface area contributed by atoms with Crippen LogP contribution in [0.5, 0.6) is 0 Å². The third-order valence-electron chi connectivity index (χ3n) is 3.37. The number of nitrogens with two attached hydrogens (primary N) is 1. The molecule has 0 amide bonds. The van der Waals surface area contributed by atoms with E-state index in [0.717, 1.165) is 34.1 Å². The fraction of sp³-hybridized carbons (Fsp3) is 0.125. The van der Waals surface area contributed by atoms with Crippen LogP contribution in [0.1, 0.15) is 5.56 Å². The summed E-state index contributed by atoms with van der Waals surface area (Å²) < 4.78 is 0. The number of para-hydroxylation sites is 1. The van der Waals surface area contributed by atoms with Crippen molar-refractivity contribution in [2.24, 2.45) is 5.73 Å². The number of H-pyrrole nitrogens is 1. The minimum atomic E-state index is 0.563. The van der Waals surface area contributed by atoms with Gasteiger partial charge in [0.15, 0.2) is 0 Å². The minimum absolute atomic E-state index is 0.563. The normalized spacial score (nSPS) is 11.2. The molecule has 2 aromatic carbocycles. The van der Waals surface area contributed by atoms with Crippen molar-refractivity contribution in [2.45, 2.75) is 6.42 Å². The van der Waals surface area contributed by atoms with Crippen LogP contribution < -0.4 is 5.73 Å². The summed E-state index contributed by atoms with van der Waals surface area (Å²) in [7, 11) is 0. The monoisotopic (exact) mass is 304 g/mol. The molecule has 0 spiro atoms. The molecule has 0 fully saturated rings. The Morgan fingerprint density at radius 2 is 1.80 bits per heavy atom. The van der Waals surface area contributed by atoms with Crippen LogP contribution in [0, 0.1) is 0 Å². The van der Waals surface area contributed by atoms with Gasteiger partial charge in [0.05, 0.1) is 5.02 Å². The Balaban J connectivity index is 2.15. The molecular formula is C16H14Cl2N2. The SMILES string of the molecule is NCCc1cc(-c2cc3ccccc3[nH]2)c(Cl)cc1Cl. The zero-order chi connectivity index (χ0) is 14.1. The van der Waals surface area contributed by atoms with Crippen molar-refractivity contribution < 1.29 is 0 Å². The third kappa shape index (κ3) is 2.42. The number of nitrogens with one attached hydrogen (secondary N) is 1. The summed E-state index contributed by atoms with van der Waals surface area (Å²) in [5.41, 5.74) is 9.68. The molecule has 3 aromatic rings. The molecule has 0 atom stereocenters. The van der Waals surface area contributed by atoms with Crippen LogP contribution in [-0.4, -0.2) is 11.5 Å². The summed E-state index contributed by atoms with van der Waals surface area (Å²) in [6, 6.07) is 14.0. The molecule has 1 heterocycles. The Bertz CT molecular complexity index is 729. The molecule has 0 aliphatic rings. The van der Waals surface area contributed by atoms with E-state index in [9.17, 15) is 0 Å². The quantitative estimate of drug-likeness (QED) is 0.727. The summed E-state index contributed by atoms with van der Waals surface area (Å²) >= 11 is 12.5. The van der Waals surface area contributed by atoms with E-state index in [4.69, 9.17) is 28.9 Å². The Morgan fingerprint density at radius 1 is 1.00 bits per heavy atom. The van der Waals surface area contributed by atoms with Gasteiger partial charge in [-0.25, -0.2) is 0 Å². The summed E-state index contributed by atoms with van der Waals surface area (Å²) in [6.45, 7) is 0.563. The maximum Gasteiger partial charge on any atom is 0.0514 e. The van der Waals surface area contributed by atoms with Crippen LogP contribution in [-0.2, 0) is 6.42 Å². The molecule has 0 aliphatic heterocycles. The maximum atomic E-state index is 6.33. The van der Waals surface area contributed by atoms with Crippen LogP contribution in [0.3, 0.4) is 0 Å². The lowest BCUT2D eigenvalue weighted by Gasteiger charge is -2.08. The number of halogens is 2. The van der Waals surface area contributed by atoms with Crippen LogP contribution in [0.15, 0.2) is 42.5 Å². The zero-order valence-corrected chi connectivity index (χ0v) is 12.3. The number of benzene rings is 2. The lowest BCUT2D eigenvalue weighted by atomic mass is 10.1. The molecule has 0 unspecified atom stereocenters. The van der Waals surface area contributed by atoms with E-state index in [-0.39, 0.29) is 0 Å². The van der Waals surface area contributed by atoms with Crippen molar-refractivity contribution in [3.63, 3.8) is 0 Å². The second-order valence-corrected chi connectivity index (χ2v) is 5.55. The molecule has 20 heavy (non-hydrogen) atoms. The Morgan fingerprint density at radius 3 is 2.55 bits per heavy atom. The van der Waals surface area contributed by atoms with Gasteiger partial charge in [0, 0.05) is 27.2 Å². The van der Waals surface area contributed by atoms with E-state index in [1.807, 2.05) is 24.3 Å². The second-order valence-electron chi connectivity index (χ2n) is 4.73. The molecular weight excluding hydrogens is 291 g/mol. The number of rotatable bonds is 3. The highest BCUT2D eigenvalue weighted by atomic mass is 35.5. The van der Waals surface area contributed by atoms with Crippen molar-refractivity contribution >= 4 is 34.1 Å². The van der Waals surface area contributed by atoms with Crippen molar-refractivity contribution in [3.8, 4) is 11.3 Å². The number of fused-ring (bicyclic) bond motifs is 1. The average molecular weight is 305 g/mol. The predicted octanol–water partition coefficient (Wildman–Crippen LogP) is 4.64. The standard InChI is InChI=1S/C16H14Cl2N2/c17-13-9-14(18)12(7-10(13)5-6-19)16-8-11-3-1-2-4-15(11)20-16/h1-4,7-9,20H,5-6,19H2. The van der Waals surface area contributed by atoms with Crippen molar-refractivity contribution in [2.75, 3.05) is 6.54 Å². The molecule has 1 aromatic heterocycles. The number of hydrogen-bond donors (Lipinski definition) is 2. The fourth-order valence-corrected chi connectivity index (χ4v) is 2.95. The van der Waals surface area contributed by atoms with Crippen LogP contribution >= 0.6 is 23.2 Å². The molecule has 0 saturated carbocycles. The largest absolute Gasteiger partial charge is 0.354 e. The Hall–Kier alpha value is -1.48. The lowest BCUT2D eigenvalue weighted by Crippen LogP contribution is -2.03. The van der Waals surface area contributed by atoms with E-state index in [0.29, 0.717) is 16.6 Å². The van der Waals surface area contributed by atoms with Gasteiger partial charge in [-0.05, 0) is 42.8 Å². The van der Waals surface area contributed by atoms with E-state index >= 15 is 0 Å². The molecule has 0 bridgehead atoms. The maximum absolute atomic E-state index is 6.33. The van der Waals surface area contributed by atoms with Crippen molar-refractivity contribution in [3.05, 3.63) is 58.1 Å². The number of aromatic nitrogens is 1. The highest BCUT2D eigenvalue weighted by Gasteiger charge is 2.11. The first-order chi connectivity index (χ1) is 9.69. The third-order valence-corrected chi connectivity index (χ3v) is 4.03. The summed E-state index contributed by atoms with van der Waals surface area (Å²) in [5, 5.41) is 2.47. The van der Waals surface area contributed by atoms with Crippen molar-refractivity contribution in [1.82, 2.24) is 4.98 Å². The van der Waals surface area contributed by atoms with Gasteiger partial charge in [0.2, 0.25) is 0 Å². The van der Waals surface area contributed by atoms with E-state index < -0.39 is 0 Å². The smallest absolute Gasteiger partial charge is 0.0514 e. The van der Waals surface area contributed by atoms with Crippen molar-refractivity contribution in [1.29, 1.82) is 0 Å². The molecule has 0 aliphatic carbocycles. The molecule has 3 N–H and O–H groups in total. The molecule has 2 nitrogen and oxygen atoms in total. The highest BCUT2D eigenvalue weighted by Crippen LogP contribution is 2.34. The molecule has 3 rings (SSSR count). The van der Waals surface area contributed by atoms with Gasteiger partial charge in [-0.15, -0.1) is 0 Å². The minimum Gasteiger partial charge on any atom is -0.354 e. The average Bonchev–Trinajstić information content (AvgIpc) is 2.85. The predicted molar refractivity (Wildman–Crippen MR) is 86.5 cm³/mol. The van der Waals surface area contributed by atoms with Gasteiger partial charge in [-0.1, -0.05) is 41.4 Å². The Labute approximate surface area is 127 Å². The van der Waals surface area contributed by atoms with Gasteiger partial charge >= 0.3 is 0 Å². The number of hydrogen-bond acceptors (Lipinski definition) is 1. The summed E-state index contributed by atoms with van der Waals surface area (Å²) in [5.74, 6) is 0. The highest BCUT2D eigenvalue weighted by molar-refractivity contribution is 6.36. The topological polar surface area (TPSA) is 41.8 Å². The molecule has 0 saturated heterocycles. The first kappa shape index (κ1) is 13.5. The second kappa shape index (κ2) is 5.49. The lowest BCUT2D eigenvalue weighted by molar-refractivity contribution is 0.969. The van der Waals surface area contributed by atoms with Gasteiger partial charge in [0.25, 0.3) is 0 Å². The number of aromatic amines is 1. The van der Waals surface area contributed by atoms with E-state index in [1.54, 1.807) is 6.07 Å². The van der Waals surface area contributed by atoms with Crippen LogP contribution in [0.2, 0.25) is 10.0 Å². The van der Waals surface area contributed by atoms with E-state index in [1.165, 1.54) is 0 Å². The molecule has 102 valence electrons. The molecule has 4 heteroatoms. The van der Waals surface area contributed by atoms with Gasteiger partial charge in [-0.2, -0.15) is 0 Å². The van der Waals surface area contributed by atoms with Gasteiger partial charge in [-0.3, -0.25) is 0 Å². The molecule has 0 radical (unpaired) electrons. The first-order valence-corrected chi connectivity index (χ1v) is 7.21. The van der Waals surface area contributed by atoms with Crippen LogP contribution in [0.25, 0.3) is 22.2 Å². The van der Waals surface area contributed by atoms with Gasteiger partial charge < -0.3 is 10.7 Å². The van der Waals surface area contributed by atoms with Gasteiger partial charge in [0.1, 0.15) is 0 Å². The first-order valence-electron chi connectivity index (χ1n) is 6.45. The Kier molecular flexibility index (Phi) is 3.70. The summed E-state index contributed by atoms with van der Waals surface area (Å²) in [4.78, 5) is 3.38.